The molecule has 0 bridgehead atoms. The molecule has 2 atom stereocenters. The predicted octanol–water partition coefficient (Wildman–Crippen LogP) is 3.46. The van der Waals surface area contributed by atoms with Crippen LogP contribution in [0, 0.1) is 12.8 Å². The number of rotatable bonds is 5. The molecular weight excluding hydrogens is 244 g/mol. The van der Waals surface area contributed by atoms with E-state index in [1.54, 1.807) is 11.3 Å². The van der Waals surface area contributed by atoms with Gasteiger partial charge in [0.2, 0.25) is 0 Å². The lowest BCUT2D eigenvalue weighted by Crippen LogP contribution is -2.12. The minimum absolute atomic E-state index is 0.667. The molecule has 1 aliphatic rings. The summed E-state index contributed by atoms with van der Waals surface area (Å²) >= 11 is 1.69. The topological polar surface area (TPSA) is 38.1 Å². The van der Waals surface area contributed by atoms with Crippen molar-refractivity contribution in [2.45, 2.75) is 39.3 Å². The van der Waals surface area contributed by atoms with Crippen LogP contribution in [0.3, 0.4) is 0 Å². The van der Waals surface area contributed by atoms with Crippen LogP contribution >= 0.6 is 11.3 Å². The van der Waals surface area contributed by atoms with Gasteiger partial charge in [-0.3, -0.25) is 0 Å². The third kappa shape index (κ3) is 2.65. The van der Waals surface area contributed by atoms with Crippen molar-refractivity contribution in [3.8, 4) is 0 Å². The molecule has 0 amide bonds. The number of thiazole rings is 1. The minimum Gasteiger partial charge on any atom is -0.464 e. The van der Waals surface area contributed by atoms with Gasteiger partial charge in [0.05, 0.1) is 17.2 Å². The number of nitrogens with one attached hydrogen (secondary N) is 1. The molecule has 4 heteroatoms. The Morgan fingerprint density at radius 2 is 2.28 bits per heavy atom. The average molecular weight is 262 g/mol. The normalized spacial score (nSPS) is 22.3. The van der Waals surface area contributed by atoms with Crippen molar-refractivity contribution in [3.05, 3.63) is 39.7 Å². The Labute approximate surface area is 111 Å². The van der Waals surface area contributed by atoms with Gasteiger partial charge in [0.1, 0.15) is 11.5 Å². The van der Waals surface area contributed by atoms with E-state index in [0.717, 1.165) is 41.2 Å². The fraction of sp³-hybridized carbons (Fsp3) is 0.500. The summed E-state index contributed by atoms with van der Waals surface area (Å²) in [4.78, 5) is 4.42. The highest BCUT2D eigenvalue weighted by atomic mass is 32.1. The monoisotopic (exact) mass is 262 g/mol. The summed E-state index contributed by atoms with van der Waals surface area (Å²) in [6, 6.07) is 4.21. The molecule has 0 saturated heterocycles. The molecule has 2 unspecified atom stereocenters. The lowest BCUT2D eigenvalue weighted by molar-refractivity contribution is 0.443. The minimum atomic E-state index is 0.667. The second kappa shape index (κ2) is 4.86. The van der Waals surface area contributed by atoms with E-state index < -0.39 is 0 Å². The molecular formula is C14H18N2OS. The highest BCUT2D eigenvalue weighted by molar-refractivity contribution is 7.09. The first-order valence-corrected chi connectivity index (χ1v) is 7.30. The highest BCUT2D eigenvalue weighted by Crippen LogP contribution is 2.47. The van der Waals surface area contributed by atoms with Crippen LogP contribution in [0.4, 0.5) is 0 Å². The SMILES string of the molecule is Cc1nc(CNCc2ccc(C3CC3C)o2)cs1. The summed E-state index contributed by atoms with van der Waals surface area (Å²) in [7, 11) is 0. The smallest absolute Gasteiger partial charge is 0.117 e. The van der Waals surface area contributed by atoms with Gasteiger partial charge in [-0.15, -0.1) is 11.3 Å². The Hall–Kier alpha value is -1.13. The summed E-state index contributed by atoms with van der Waals surface area (Å²) in [5.41, 5.74) is 1.11. The molecule has 1 fully saturated rings. The first kappa shape index (κ1) is 11.9. The summed E-state index contributed by atoms with van der Waals surface area (Å²) < 4.78 is 5.84. The third-order valence-electron chi connectivity index (χ3n) is 3.43. The van der Waals surface area contributed by atoms with Crippen molar-refractivity contribution >= 4 is 11.3 Å². The number of furan rings is 1. The molecule has 2 aromatic heterocycles. The maximum absolute atomic E-state index is 5.84. The molecule has 3 rings (SSSR count). The second-order valence-corrected chi connectivity index (χ2v) is 6.15. The van der Waals surface area contributed by atoms with Crippen LogP contribution in [0.5, 0.6) is 0 Å². The van der Waals surface area contributed by atoms with Gasteiger partial charge in [-0.2, -0.15) is 0 Å². The van der Waals surface area contributed by atoms with E-state index in [9.17, 15) is 0 Å². The molecule has 0 aromatic carbocycles. The van der Waals surface area contributed by atoms with Gasteiger partial charge in [-0.25, -0.2) is 4.98 Å². The van der Waals surface area contributed by atoms with Gasteiger partial charge in [0, 0.05) is 17.8 Å². The summed E-state index contributed by atoms with van der Waals surface area (Å²) in [6.07, 6.45) is 1.28. The summed E-state index contributed by atoms with van der Waals surface area (Å²) in [6.45, 7) is 5.89. The van der Waals surface area contributed by atoms with E-state index in [1.807, 2.05) is 6.92 Å². The van der Waals surface area contributed by atoms with Crippen molar-refractivity contribution < 1.29 is 4.42 Å². The van der Waals surface area contributed by atoms with Gasteiger partial charge in [0.15, 0.2) is 0 Å². The van der Waals surface area contributed by atoms with Crippen molar-refractivity contribution in [3.63, 3.8) is 0 Å². The molecule has 2 heterocycles. The predicted molar refractivity (Wildman–Crippen MR) is 72.6 cm³/mol. The Balaban J connectivity index is 1.49. The van der Waals surface area contributed by atoms with Crippen LogP contribution in [0.1, 0.15) is 41.5 Å². The largest absolute Gasteiger partial charge is 0.464 e. The Kier molecular flexibility index (Phi) is 3.22. The highest BCUT2D eigenvalue weighted by Gasteiger charge is 2.36. The molecule has 0 aliphatic heterocycles. The van der Waals surface area contributed by atoms with Crippen LogP contribution in [-0.2, 0) is 13.1 Å². The Morgan fingerprint density at radius 1 is 1.44 bits per heavy atom. The summed E-state index contributed by atoms with van der Waals surface area (Å²) in [5, 5.41) is 6.58. The van der Waals surface area contributed by atoms with Gasteiger partial charge in [-0.05, 0) is 31.4 Å². The molecule has 1 N–H and O–H groups in total. The zero-order valence-corrected chi connectivity index (χ0v) is 11.6. The lowest BCUT2D eigenvalue weighted by atomic mass is 10.3. The van der Waals surface area contributed by atoms with Gasteiger partial charge in [-0.1, -0.05) is 6.92 Å². The van der Waals surface area contributed by atoms with Crippen LogP contribution in [0.15, 0.2) is 21.9 Å². The molecule has 2 aromatic rings. The van der Waals surface area contributed by atoms with Crippen LogP contribution < -0.4 is 5.32 Å². The van der Waals surface area contributed by atoms with Crippen LogP contribution in [-0.4, -0.2) is 4.98 Å². The van der Waals surface area contributed by atoms with E-state index in [0.29, 0.717) is 5.92 Å². The number of aryl methyl sites for hydroxylation is 1. The van der Waals surface area contributed by atoms with E-state index >= 15 is 0 Å². The quantitative estimate of drug-likeness (QED) is 0.896. The molecule has 18 heavy (non-hydrogen) atoms. The molecule has 0 spiro atoms. The molecule has 1 saturated carbocycles. The fourth-order valence-corrected chi connectivity index (χ4v) is 2.82. The zero-order valence-electron chi connectivity index (χ0n) is 10.8. The molecule has 1 aliphatic carbocycles. The average Bonchev–Trinajstić information content (AvgIpc) is 2.79. The van der Waals surface area contributed by atoms with Crippen LogP contribution in [0.2, 0.25) is 0 Å². The Bertz CT molecular complexity index is 531. The Morgan fingerprint density at radius 3 is 2.94 bits per heavy atom. The second-order valence-electron chi connectivity index (χ2n) is 5.08. The third-order valence-corrected chi connectivity index (χ3v) is 4.25. The van der Waals surface area contributed by atoms with Crippen molar-refractivity contribution in [2.75, 3.05) is 0 Å². The zero-order chi connectivity index (χ0) is 12.5. The first-order valence-electron chi connectivity index (χ1n) is 6.42. The van der Waals surface area contributed by atoms with Crippen molar-refractivity contribution in [1.29, 1.82) is 0 Å². The number of hydrogen-bond acceptors (Lipinski definition) is 4. The number of hydrogen-bond donors (Lipinski definition) is 1. The van der Waals surface area contributed by atoms with E-state index in [4.69, 9.17) is 4.42 Å². The van der Waals surface area contributed by atoms with Gasteiger partial charge < -0.3 is 9.73 Å². The van der Waals surface area contributed by atoms with E-state index in [1.165, 1.54) is 6.42 Å². The lowest BCUT2D eigenvalue weighted by Gasteiger charge is -1.99. The maximum Gasteiger partial charge on any atom is 0.117 e. The standard InChI is InChI=1S/C14H18N2OS/c1-9-5-13(9)14-4-3-12(17-14)7-15-6-11-8-18-10(2)16-11/h3-4,8-9,13,15H,5-7H2,1-2H3. The van der Waals surface area contributed by atoms with Gasteiger partial charge in [0.25, 0.3) is 0 Å². The van der Waals surface area contributed by atoms with Crippen molar-refractivity contribution in [2.24, 2.45) is 5.92 Å². The molecule has 3 nitrogen and oxygen atoms in total. The van der Waals surface area contributed by atoms with Crippen LogP contribution in [0.25, 0.3) is 0 Å². The number of nitrogens with zero attached hydrogens (tertiary/aromatic N) is 1. The van der Waals surface area contributed by atoms with Crippen molar-refractivity contribution in [1.82, 2.24) is 10.3 Å². The summed E-state index contributed by atoms with van der Waals surface area (Å²) in [5.74, 6) is 3.65. The molecule has 96 valence electrons. The first-order chi connectivity index (χ1) is 8.72. The van der Waals surface area contributed by atoms with E-state index in [2.05, 4.69) is 34.7 Å². The molecule has 0 radical (unpaired) electrons. The van der Waals surface area contributed by atoms with E-state index in [-0.39, 0.29) is 0 Å². The maximum atomic E-state index is 5.84. The fourth-order valence-electron chi connectivity index (χ4n) is 2.21. The number of aromatic nitrogens is 1. The van der Waals surface area contributed by atoms with Gasteiger partial charge >= 0.3 is 0 Å².